The van der Waals surface area contributed by atoms with Gasteiger partial charge in [0.2, 0.25) is 6.33 Å². The number of imidazole rings is 1. The lowest BCUT2D eigenvalue weighted by molar-refractivity contribution is -0.730. The molecule has 0 aliphatic rings. The summed E-state index contributed by atoms with van der Waals surface area (Å²) in [6.45, 7) is 0.912. The second-order valence-corrected chi connectivity index (χ2v) is 2.18. The van der Waals surface area contributed by atoms with E-state index in [1.807, 2.05) is 29.4 Å². The Hall–Kier alpha value is -1.34. The van der Waals surface area contributed by atoms with Crippen molar-refractivity contribution in [3.8, 4) is 6.07 Å². The van der Waals surface area contributed by atoms with E-state index in [1.165, 1.54) is 0 Å². The van der Waals surface area contributed by atoms with Crippen LogP contribution in [0.15, 0.2) is 18.7 Å². The van der Waals surface area contributed by atoms with Crippen molar-refractivity contribution in [2.24, 2.45) is 0 Å². The number of nitrogens with zero attached hydrogens (tertiary/aromatic N) is 3. The summed E-state index contributed by atoms with van der Waals surface area (Å²) >= 11 is 0. The standard InChI is InChI=1S/C7H10N3O/c1-11-7-10-5-4-9(6-10)3-2-8/h4-6H,3,7H2,1H3/q+1. The normalized spacial score (nSPS) is 9.45. The Balaban J connectivity index is 2.60. The second-order valence-electron chi connectivity index (χ2n) is 2.18. The lowest BCUT2D eigenvalue weighted by Crippen LogP contribution is -2.31. The summed E-state index contributed by atoms with van der Waals surface area (Å²) in [6.07, 6.45) is 5.52. The fraction of sp³-hybridized carbons (Fsp3) is 0.429. The molecule has 0 atom stereocenters. The molecule has 0 amide bonds. The Kier molecular flexibility index (Phi) is 2.64. The number of hydrogen-bond acceptors (Lipinski definition) is 2. The van der Waals surface area contributed by atoms with Crippen molar-refractivity contribution in [1.29, 1.82) is 5.26 Å². The predicted molar refractivity (Wildman–Crippen MR) is 37.2 cm³/mol. The minimum atomic E-state index is 0.386. The highest BCUT2D eigenvalue weighted by molar-refractivity contribution is 4.75. The van der Waals surface area contributed by atoms with E-state index in [9.17, 15) is 0 Å². The van der Waals surface area contributed by atoms with Gasteiger partial charge in [-0.25, -0.2) is 9.13 Å². The van der Waals surface area contributed by atoms with E-state index < -0.39 is 0 Å². The minimum Gasteiger partial charge on any atom is -0.345 e. The highest BCUT2D eigenvalue weighted by Gasteiger charge is 2.00. The van der Waals surface area contributed by atoms with E-state index in [4.69, 9.17) is 10.00 Å². The van der Waals surface area contributed by atoms with E-state index in [0.717, 1.165) is 0 Å². The molecule has 0 aliphatic carbocycles. The molecule has 1 aromatic heterocycles. The molecule has 0 fully saturated rings. The van der Waals surface area contributed by atoms with Gasteiger partial charge in [0.15, 0.2) is 13.3 Å². The average molecular weight is 152 g/mol. The number of nitriles is 1. The number of rotatable bonds is 3. The van der Waals surface area contributed by atoms with Crippen molar-refractivity contribution in [3.05, 3.63) is 18.7 Å². The fourth-order valence-electron chi connectivity index (χ4n) is 0.839. The monoisotopic (exact) mass is 152 g/mol. The summed E-state index contributed by atoms with van der Waals surface area (Å²) in [7, 11) is 1.63. The summed E-state index contributed by atoms with van der Waals surface area (Å²) < 4.78 is 8.54. The van der Waals surface area contributed by atoms with Gasteiger partial charge in [0.25, 0.3) is 0 Å². The van der Waals surface area contributed by atoms with Crippen LogP contribution >= 0.6 is 0 Å². The summed E-state index contributed by atoms with van der Waals surface area (Å²) in [5.41, 5.74) is 0. The van der Waals surface area contributed by atoms with Crippen LogP contribution in [0.5, 0.6) is 0 Å². The summed E-state index contributed by atoms with van der Waals surface area (Å²) in [5.74, 6) is 0. The molecular formula is C7H10N3O+. The van der Waals surface area contributed by atoms with Crippen LogP contribution in [0.3, 0.4) is 0 Å². The van der Waals surface area contributed by atoms with Crippen molar-refractivity contribution >= 4 is 0 Å². The molecule has 4 nitrogen and oxygen atoms in total. The van der Waals surface area contributed by atoms with Crippen LogP contribution < -0.4 is 4.57 Å². The summed E-state index contributed by atoms with van der Waals surface area (Å²) in [4.78, 5) is 0. The zero-order chi connectivity index (χ0) is 8.10. The SMILES string of the molecule is COC[n+]1ccn(CC#N)c1. The molecule has 1 rings (SSSR count). The predicted octanol–water partition coefficient (Wildman–Crippen LogP) is -0.0969. The zero-order valence-corrected chi connectivity index (χ0v) is 6.40. The maximum absolute atomic E-state index is 8.35. The van der Waals surface area contributed by atoms with Gasteiger partial charge >= 0.3 is 0 Å². The van der Waals surface area contributed by atoms with E-state index in [2.05, 4.69) is 0 Å². The lowest BCUT2D eigenvalue weighted by atomic mass is 10.7. The van der Waals surface area contributed by atoms with Gasteiger partial charge in [-0.3, -0.25) is 0 Å². The van der Waals surface area contributed by atoms with Gasteiger partial charge in [-0.05, 0) is 0 Å². The molecule has 0 aromatic carbocycles. The Bertz CT molecular complexity index is 261. The Labute approximate surface area is 65.2 Å². The Morgan fingerprint density at radius 2 is 2.55 bits per heavy atom. The highest BCUT2D eigenvalue weighted by Crippen LogP contribution is 1.82. The van der Waals surface area contributed by atoms with Gasteiger partial charge in [-0.15, -0.1) is 0 Å². The molecule has 4 heteroatoms. The van der Waals surface area contributed by atoms with Crippen LogP contribution in [0, 0.1) is 11.3 Å². The zero-order valence-electron chi connectivity index (χ0n) is 6.40. The second kappa shape index (κ2) is 3.74. The molecule has 0 N–H and O–H groups in total. The maximum atomic E-state index is 8.35. The van der Waals surface area contributed by atoms with Crippen molar-refractivity contribution < 1.29 is 9.30 Å². The van der Waals surface area contributed by atoms with Crippen LogP contribution in [0.1, 0.15) is 0 Å². The molecule has 58 valence electrons. The first-order valence-electron chi connectivity index (χ1n) is 3.27. The molecule has 0 bridgehead atoms. The topological polar surface area (TPSA) is 41.8 Å². The maximum Gasteiger partial charge on any atom is 0.246 e. The van der Waals surface area contributed by atoms with Crippen LogP contribution in [-0.4, -0.2) is 11.7 Å². The highest BCUT2D eigenvalue weighted by atomic mass is 16.5. The molecular weight excluding hydrogens is 142 g/mol. The van der Waals surface area contributed by atoms with Gasteiger partial charge in [0.05, 0.1) is 0 Å². The Morgan fingerprint density at radius 3 is 3.18 bits per heavy atom. The summed E-state index contributed by atoms with van der Waals surface area (Å²) in [5, 5.41) is 8.35. The van der Waals surface area contributed by atoms with Crippen molar-refractivity contribution in [3.63, 3.8) is 0 Å². The largest absolute Gasteiger partial charge is 0.345 e. The van der Waals surface area contributed by atoms with Gasteiger partial charge in [0, 0.05) is 7.11 Å². The van der Waals surface area contributed by atoms with Crippen LogP contribution in [-0.2, 0) is 18.0 Å². The lowest BCUT2D eigenvalue weighted by Gasteiger charge is -1.89. The third-order valence-electron chi connectivity index (χ3n) is 1.28. The smallest absolute Gasteiger partial charge is 0.246 e. The van der Waals surface area contributed by atoms with Gasteiger partial charge in [-0.1, -0.05) is 0 Å². The number of methoxy groups -OCH3 is 1. The first kappa shape index (κ1) is 7.76. The molecule has 0 spiro atoms. The molecule has 0 saturated heterocycles. The van der Waals surface area contributed by atoms with E-state index in [1.54, 1.807) is 11.7 Å². The first-order chi connectivity index (χ1) is 5.36. The van der Waals surface area contributed by atoms with Crippen molar-refractivity contribution in [2.75, 3.05) is 7.11 Å². The molecule has 0 saturated carbocycles. The van der Waals surface area contributed by atoms with E-state index in [-0.39, 0.29) is 0 Å². The number of ether oxygens (including phenoxy) is 1. The third kappa shape index (κ3) is 2.06. The fourth-order valence-corrected chi connectivity index (χ4v) is 0.839. The average Bonchev–Trinajstić information content (AvgIpc) is 2.38. The van der Waals surface area contributed by atoms with Crippen LogP contribution in [0.4, 0.5) is 0 Å². The number of aromatic nitrogens is 2. The molecule has 0 radical (unpaired) electrons. The van der Waals surface area contributed by atoms with Gasteiger partial charge in [0.1, 0.15) is 18.5 Å². The number of hydrogen-bond donors (Lipinski definition) is 0. The van der Waals surface area contributed by atoms with Gasteiger partial charge < -0.3 is 4.74 Å². The minimum absolute atomic E-state index is 0.386. The quantitative estimate of drug-likeness (QED) is 0.568. The summed E-state index contributed by atoms with van der Waals surface area (Å²) in [6, 6.07) is 2.05. The molecule has 11 heavy (non-hydrogen) atoms. The van der Waals surface area contributed by atoms with Crippen molar-refractivity contribution in [1.82, 2.24) is 4.57 Å². The molecule has 1 heterocycles. The van der Waals surface area contributed by atoms with E-state index >= 15 is 0 Å². The van der Waals surface area contributed by atoms with Crippen LogP contribution in [0.2, 0.25) is 0 Å². The van der Waals surface area contributed by atoms with Crippen molar-refractivity contribution in [2.45, 2.75) is 13.3 Å². The molecule has 1 aromatic rings. The van der Waals surface area contributed by atoms with Gasteiger partial charge in [-0.2, -0.15) is 5.26 Å². The third-order valence-corrected chi connectivity index (χ3v) is 1.28. The van der Waals surface area contributed by atoms with Crippen LogP contribution in [0.25, 0.3) is 0 Å². The molecule has 0 unspecified atom stereocenters. The first-order valence-corrected chi connectivity index (χ1v) is 3.27. The van der Waals surface area contributed by atoms with E-state index in [0.29, 0.717) is 13.3 Å². The molecule has 0 aliphatic heterocycles. The Morgan fingerprint density at radius 1 is 1.73 bits per heavy atom.